The summed E-state index contributed by atoms with van der Waals surface area (Å²) >= 11 is 1.51. The van der Waals surface area contributed by atoms with Crippen LogP contribution in [0.4, 0.5) is 5.82 Å². The molecule has 1 unspecified atom stereocenters. The zero-order valence-electron chi connectivity index (χ0n) is 17.2. The zero-order chi connectivity index (χ0) is 18.7. The Morgan fingerprint density at radius 1 is 1.13 bits per heavy atom. The van der Waals surface area contributed by atoms with Gasteiger partial charge in [0, 0.05) is 26.1 Å². The quantitative estimate of drug-likeness (QED) is 0.299. The van der Waals surface area contributed by atoms with Gasteiger partial charge in [-0.1, -0.05) is 41.7 Å². The van der Waals surface area contributed by atoms with Crippen LogP contribution >= 0.6 is 23.7 Å². The molecule has 0 saturated heterocycles. The lowest BCUT2D eigenvalue weighted by atomic mass is 10.1. The first-order chi connectivity index (χ1) is 12.5. The first-order valence-electron chi connectivity index (χ1n) is 8.45. The Labute approximate surface area is 197 Å². The number of thiazole rings is 1. The summed E-state index contributed by atoms with van der Waals surface area (Å²) in [5, 5.41) is 21.1. The van der Waals surface area contributed by atoms with Crippen LogP contribution in [0.2, 0.25) is 0 Å². The number of hydrogen-bond acceptors (Lipinski definition) is 6. The average Bonchev–Trinajstić information content (AvgIpc) is 2.94. The van der Waals surface area contributed by atoms with Crippen LogP contribution in [0.5, 0.6) is 0 Å². The highest BCUT2D eigenvalue weighted by molar-refractivity contribution is 7.11. The summed E-state index contributed by atoms with van der Waals surface area (Å²) in [4.78, 5) is 9.51. The van der Waals surface area contributed by atoms with E-state index in [-0.39, 0.29) is 47.8 Å². The molecule has 176 valence electrons. The molecule has 0 fully saturated rings. The third kappa shape index (κ3) is 7.63. The molecule has 1 atom stereocenters. The van der Waals surface area contributed by atoms with Crippen LogP contribution in [0, 0.1) is 13.8 Å². The summed E-state index contributed by atoms with van der Waals surface area (Å²) in [5.74, 6) is 1.07. The first kappa shape index (κ1) is 33.7. The minimum atomic E-state index is -0.750. The second-order valence-electron chi connectivity index (χ2n) is 6.15. The number of nitrogen functional groups attached to an aromatic ring is 1. The third-order valence-electron chi connectivity index (χ3n) is 4.34. The molecule has 2 aromatic heterocycles. The largest absolute Gasteiger partial charge is 1.00 e. The summed E-state index contributed by atoms with van der Waals surface area (Å²) in [6.45, 7) is 4.33. The van der Waals surface area contributed by atoms with Crippen LogP contribution in [0.1, 0.15) is 38.6 Å². The number of aromatic nitrogens is 3. The Morgan fingerprint density at radius 2 is 1.74 bits per heavy atom. The highest BCUT2D eigenvalue weighted by Crippen LogP contribution is 2.28. The van der Waals surface area contributed by atoms with E-state index in [1.165, 1.54) is 11.3 Å². The van der Waals surface area contributed by atoms with E-state index in [4.69, 9.17) is 5.73 Å². The molecule has 0 aliphatic carbocycles. The number of anilines is 1. The van der Waals surface area contributed by atoms with Gasteiger partial charge in [0.15, 0.2) is 18.3 Å². The van der Waals surface area contributed by atoms with Gasteiger partial charge in [0.2, 0.25) is 0 Å². The Balaban J connectivity index is -0.00000157. The lowest BCUT2D eigenvalue weighted by Gasteiger charge is -2.08. The van der Waals surface area contributed by atoms with Gasteiger partial charge in [-0.2, -0.15) is 4.57 Å². The molecule has 3 rings (SSSR count). The second kappa shape index (κ2) is 15.0. The Hall–Kier alpha value is -1.89. The van der Waals surface area contributed by atoms with Crippen LogP contribution in [0.3, 0.4) is 0 Å². The van der Waals surface area contributed by atoms with Crippen LogP contribution in [0.15, 0.2) is 36.5 Å². The van der Waals surface area contributed by atoms with E-state index in [1.807, 2.05) is 41.8 Å². The summed E-state index contributed by atoms with van der Waals surface area (Å²) < 4.78 is 2.04. The summed E-state index contributed by atoms with van der Waals surface area (Å²) in [5.41, 5.74) is 8.70. The van der Waals surface area contributed by atoms with Crippen LogP contribution < -0.4 is 22.7 Å². The molecule has 3 aromatic rings. The van der Waals surface area contributed by atoms with Gasteiger partial charge >= 0.3 is 0 Å². The van der Waals surface area contributed by atoms with E-state index in [9.17, 15) is 10.2 Å². The van der Waals surface area contributed by atoms with Crippen molar-refractivity contribution in [3.63, 3.8) is 0 Å². The van der Waals surface area contributed by atoms with Gasteiger partial charge in [-0.25, -0.2) is 9.97 Å². The standard InChI is InChI=1S/C19H23N4O2S.2ClH.3H2O/c1-12-16(8-9-24)26-19(17(25)14-6-4-3-5-7-14)23(12)11-15-10-21-13(2)22-18(15)20;;;;;/h3-7,10,17,24-25H,8-9,11H2,1-2H3,(H2,20,21,22);2*1H;3*1H2/q+1;;;;;/p-1. The fraction of sp³-hybridized carbons (Fsp3) is 0.316. The third-order valence-corrected chi connectivity index (χ3v) is 5.74. The van der Waals surface area contributed by atoms with Gasteiger partial charge in [-0.15, -0.1) is 12.4 Å². The number of aryl methyl sites for hydroxylation is 1. The molecule has 0 aliphatic heterocycles. The summed E-state index contributed by atoms with van der Waals surface area (Å²) in [7, 11) is 0. The predicted octanol–water partition coefficient (Wildman–Crippen LogP) is -3.36. The minimum Gasteiger partial charge on any atom is -1.00 e. The number of halogens is 2. The molecule has 0 amide bonds. The van der Waals surface area contributed by atoms with Gasteiger partial charge in [0.25, 0.3) is 5.01 Å². The van der Waals surface area contributed by atoms with E-state index < -0.39 is 6.10 Å². The van der Waals surface area contributed by atoms with Crippen molar-refractivity contribution in [1.82, 2.24) is 9.97 Å². The van der Waals surface area contributed by atoms with Crippen molar-refractivity contribution in [2.24, 2.45) is 0 Å². The van der Waals surface area contributed by atoms with Crippen molar-refractivity contribution in [2.75, 3.05) is 12.3 Å². The molecular formula is C19H30Cl2N4O5S. The smallest absolute Gasteiger partial charge is 0.271 e. The van der Waals surface area contributed by atoms with Crippen molar-refractivity contribution >= 4 is 29.6 Å². The predicted molar refractivity (Wildman–Crippen MR) is 119 cm³/mol. The van der Waals surface area contributed by atoms with E-state index in [1.54, 1.807) is 13.1 Å². The van der Waals surface area contributed by atoms with Gasteiger partial charge in [-0.3, -0.25) is 0 Å². The van der Waals surface area contributed by atoms with Crippen LogP contribution in [0.25, 0.3) is 0 Å². The molecular weight excluding hydrogens is 467 g/mol. The highest BCUT2D eigenvalue weighted by Gasteiger charge is 2.30. The molecule has 9 nitrogen and oxygen atoms in total. The molecule has 0 bridgehead atoms. The number of benzene rings is 1. The fourth-order valence-corrected chi connectivity index (χ4v) is 4.15. The van der Waals surface area contributed by atoms with Crippen LogP contribution in [-0.2, 0) is 13.0 Å². The zero-order valence-corrected chi connectivity index (χ0v) is 19.6. The first-order valence-corrected chi connectivity index (χ1v) is 9.26. The summed E-state index contributed by atoms with van der Waals surface area (Å²) in [6.07, 6.45) is 1.53. The van der Waals surface area contributed by atoms with Crippen molar-refractivity contribution in [1.29, 1.82) is 0 Å². The maximum atomic E-state index is 10.9. The molecule has 12 heteroatoms. The maximum Gasteiger partial charge on any atom is 0.271 e. The molecule has 0 aliphatic rings. The normalized spacial score (nSPS) is 10.3. The van der Waals surface area contributed by atoms with Crippen LogP contribution in [-0.4, -0.2) is 43.2 Å². The molecule has 10 N–H and O–H groups in total. The lowest BCUT2D eigenvalue weighted by molar-refractivity contribution is -0.699. The lowest BCUT2D eigenvalue weighted by Crippen LogP contribution is -3.00. The van der Waals surface area contributed by atoms with Gasteiger partial charge in [0.05, 0.1) is 10.4 Å². The molecule has 0 spiro atoms. The molecule has 2 heterocycles. The van der Waals surface area contributed by atoms with Crippen molar-refractivity contribution in [2.45, 2.75) is 32.9 Å². The fourth-order valence-electron chi connectivity index (χ4n) is 2.89. The van der Waals surface area contributed by atoms with E-state index in [2.05, 4.69) is 9.97 Å². The number of nitrogens with zero attached hydrogens (tertiary/aromatic N) is 3. The topological polar surface area (TPSA) is 191 Å². The van der Waals surface area contributed by atoms with Gasteiger partial charge < -0.3 is 44.8 Å². The maximum absolute atomic E-state index is 10.9. The van der Waals surface area contributed by atoms with E-state index in [0.717, 1.165) is 26.7 Å². The monoisotopic (exact) mass is 496 g/mol. The highest BCUT2D eigenvalue weighted by atomic mass is 35.5. The average molecular weight is 497 g/mol. The molecule has 0 radical (unpaired) electrons. The summed E-state index contributed by atoms with van der Waals surface area (Å²) in [6, 6.07) is 9.54. The molecule has 31 heavy (non-hydrogen) atoms. The Morgan fingerprint density at radius 3 is 2.29 bits per heavy atom. The van der Waals surface area contributed by atoms with Gasteiger partial charge in [0.1, 0.15) is 11.6 Å². The van der Waals surface area contributed by atoms with E-state index in [0.29, 0.717) is 24.6 Å². The number of aliphatic hydroxyl groups excluding tert-OH is 2. The number of nitrogens with two attached hydrogens (primary N) is 1. The molecule has 0 saturated carbocycles. The number of hydrogen-bond donors (Lipinski definition) is 3. The Kier molecular flexibility index (Phi) is 16.3. The SMILES string of the molecule is Cc1ncc(C[n+]2c(C(O)c3ccccc3)sc(CCO)c2C)c(N)n1.Cl.O.O.O.[Cl-]. The van der Waals surface area contributed by atoms with Crippen molar-refractivity contribution < 1.29 is 43.6 Å². The van der Waals surface area contributed by atoms with Crippen molar-refractivity contribution in [3.8, 4) is 0 Å². The second-order valence-corrected chi connectivity index (χ2v) is 7.26. The van der Waals surface area contributed by atoms with Gasteiger partial charge in [-0.05, 0) is 12.5 Å². The minimum absolute atomic E-state index is 0. The number of aliphatic hydroxyl groups is 2. The van der Waals surface area contributed by atoms with Crippen molar-refractivity contribution in [3.05, 3.63) is 69.1 Å². The molecule has 1 aromatic carbocycles. The number of rotatable bonds is 6. The van der Waals surface area contributed by atoms with E-state index >= 15 is 0 Å². The Bertz CT molecular complexity index is 916.